The van der Waals surface area contributed by atoms with Crippen molar-refractivity contribution in [2.45, 2.75) is 25.0 Å². The van der Waals surface area contributed by atoms with Crippen LogP contribution in [-0.2, 0) is 9.53 Å². The number of morpholine rings is 1. The first-order valence-electron chi connectivity index (χ1n) is 6.69. The number of hydrogen-bond donors (Lipinski definition) is 1. The molecule has 1 aromatic rings. The van der Waals surface area contributed by atoms with Crippen LogP contribution < -0.4 is 5.73 Å². The van der Waals surface area contributed by atoms with Crippen LogP contribution in [0.1, 0.15) is 18.4 Å². The molecule has 100 valence electrons. The van der Waals surface area contributed by atoms with Gasteiger partial charge in [-0.15, -0.1) is 0 Å². The fraction of sp³-hybridized carbons (Fsp3) is 0.400. The van der Waals surface area contributed by atoms with Crippen LogP contribution in [0.3, 0.4) is 0 Å². The minimum atomic E-state index is 0.0667. The Morgan fingerprint density at radius 2 is 1.84 bits per heavy atom. The van der Waals surface area contributed by atoms with Crippen molar-refractivity contribution < 1.29 is 9.53 Å². The molecule has 4 heteroatoms. The molecule has 0 aromatic heterocycles. The Balaban J connectivity index is 1.63. The lowest BCUT2D eigenvalue weighted by atomic mass is 10.2. The average molecular weight is 258 g/mol. The second kappa shape index (κ2) is 5.05. The number of likely N-dealkylation sites (tertiary alicyclic amines) is 1. The van der Waals surface area contributed by atoms with Crippen LogP contribution in [0.2, 0.25) is 0 Å². The zero-order valence-electron chi connectivity index (χ0n) is 10.8. The number of fused-ring (bicyclic) bond motifs is 2. The minimum Gasteiger partial charge on any atom is -0.399 e. The standard InChI is InChI=1S/C15H18N2O2/c16-12-4-1-11(2-5-12)3-8-15(18)17-9-13-6-7-14(10-17)19-13/h1-5,8,13-14H,6-7,9-10,16H2/b8-3+. The molecule has 2 bridgehead atoms. The number of carbonyl (C=O) groups is 1. The zero-order valence-corrected chi connectivity index (χ0v) is 10.8. The third-order valence-corrected chi connectivity index (χ3v) is 3.71. The molecule has 2 aliphatic heterocycles. The number of rotatable bonds is 2. The predicted octanol–water partition coefficient (Wildman–Crippen LogP) is 1.67. The van der Waals surface area contributed by atoms with Crippen molar-refractivity contribution in [1.82, 2.24) is 4.90 Å². The Labute approximate surface area is 112 Å². The maximum Gasteiger partial charge on any atom is 0.246 e. The molecule has 1 amide bonds. The van der Waals surface area contributed by atoms with Gasteiger partial charge in [0.2, 0.25) is 5.91 Å². The second-order valence-electron chi connectivity index (χ2n) is 5.20. The van der Waals surface area contributed by atoms with Gasteiger partial charge in [0.1, 0.15) is 0 Å². The smallest absolute Gasteiger partial charge is 0.246 e. The predicted molar refractivity (Wildman–Crippen MR) is 74.4 cm³/mol. The minimum absolute atomic E-state index is 0.0667. The van der Waals surface area contributed by atoms with Gasteiger partial charge in [-0.1, -0.05) is 12.1 Å². The summed E-state index contributed by atoms with van der Waals surface area (Å²) in [6, 6.07) is 7.47. The Morgan fingerprint density at radius 1 is 1.21 bits per heavy atom. The highest BCUT2D eigenvalue weighted by Crippen LogP contribution is 2.26. The first-order valence-corrected chi connectivity index (χ1v) is 6.69. The van der Waals surface area contributed by atoms with Crippen LogP contribution in [0.4, 0.5) is 5.69 Å². The highest BCUT2D eigenvalue weighted by Gasteiger charge is 2.34. The molecule has 3 rings (SSSR count). The summed E-state index contributed by atoms with van der Waals surface area (Å²) in [6.07, 6.45) is 6.11. The zero-order chi connectivity index (χ0) is 13.2. The molecule has 2 fully saturated rings. The third kappa shape index (κ3) is 2.79. The molecule has 2 aliphatic rings. The van der Waals surface area contributed by atoms with Crippen molar-refractivity contribution in [3.05, 3.63) is 35.9 Å². The van der Waals surface area contributed by atoms with Crippen molar-refractivity contribution in [2.75, 3.05) is 18.8 Å². The maximum atomic E-state index is 12.1. The Morgan fingerprint density at radius 3 is 2.47 bits per heavy atom. The van der Waals surface area contributed by atoms with Gasteiger partial charge < -0.3 is 15.4 Å². The van der Waals surface area contributed by atoms with Gasteiger partial charge in [-0.05, 0) is 36.6 Å². The summed E-state index contributed by atoms with van der Waals surface area (Å²) in [5, 5.41) is 0. The summed E-state index contributed by atoms with van der Waals surface area (Å²) < 4.78 is 5.72. The lowest BCUT2D eigenvalue weighted by molar-refractivity contribution is -0.134. The topological polar surface area (TPSA) is 55.6 Å². The van der Waals surface area contributed by atoms with E-state index in [4.69, 9.17) is 10.5 Å². The van der Waals surface area contributed by atoms with E-state index in [2.05, 4.69) is 0 Å². The van der Waals surface area contributed by atoms with E-state index in [1.54, 1.807) is 6.08 Å². The van der Waals surface area contributed by atoms with Crippen molar-refractivity contribution in [1.29, 1.82) is 0 Å². The molecule has 4 nitrogen and oxygen atoms in total. The lowest BCUT2D eigenvalue weighted by Gasteiger charge is -2.31. The molecule has 2 heterocycles. The molecule has 0 aliphatic carbocycles. The number of benzene rings is 1. The van der Waals surface area contributed by atoms with Gasteiger partial charge in [-0.25, -0.2) is 0 Å². The van der Waals surface area contributed by atoms with E-state index in [1.165, 1.54) is 0 Å². The van der Waals surface area contributed by atoms with E-state index in [1.807, 2.05) is 35.2 Å². The van der Waals surface area contributed by atoms with Crippen LogP contribution in [0, 0.1) is 0 Å². The van der Waals surface area contributed by atoms with Crippen LogP contribution >= 0.6 is 0 Å². The summed E-state index contributed by atoms with van der Waals surface area (Å²) in [4.78, 5) is 14.0. The molecule has 2 atom stereocenters. The van der Waals surface area contributed by atoms with Crippen LogP contribution in [0.15, 0.2) is 30.3 Å². The maximum absolute atomic E-state index is 12.1. The molecule has 2 N–H and O–H groups in total. The summed E-state index contributed by atoms with van der Waals surface area (Å²) in [5.41, 5.74) is 7.34. The van der Waals surface area contributed by atoms with Gasteiger partial charge >= 0.3 is 0 Å². The van der Waals surface area contributed by atoms with E-state index >= 15 is 0 Å². The van der Waals surface area contributed by atoms with E-state index in [0.717, 1.165) is 37.2 Å². The fourth-order valence-corrected chi connectivity index (χ4v) is 2.67. The highest BCUT2D eigenvalue weighted by molar-refractivity contribution is 5.92. The number of amides is 1. The molecule has 19 heavy (non-hydrogen) atoms. The number of nitrogens with zero attached hydrogens (tertiary/aromatic N) is 1. The molecule has 1 aromatic carbocycles. The quantitative estimate of drug-likeness (QED) is 0.648. The summed E-state index contributed by atoms with van der Waals surface area (Å²) in [5.74, 6) is 0.0667. The Bertz CT molecular complexity index is 483. The molecule has 2 unspecified atom stereocenters. The molecule has 0 radical (unpaired) electrons. The van der Waals surface area contributed by atoms with Gasteiger partial charge in [-0.2, -0.15) is 0 Å². The van der Waals surface area contributed by atoms with Gasteiger partial charge in [0.15, 0.2) is 0 Å². The first kappa shape index (κ1) is 12.2. The van der Waals surface area contributed by atoms with Crippen molar-refractivity contribution in [2.24, 2.45) is 0 Å². The molecule has 2 saturated heterocycles. The number of nitrogens with two attached hydrogens (primary N) is 1. The number of nitrogen functional groups attached to an aromatic ring is 1. The normalized spacial score (nSPS) is 26.0. The van der Waals surface area contributed by atoms with E-state index < -0.39 is 0 Å². The number of ether oxygens (including phenoxy) is 1. The van der Waals surface area contributed by atoms with Crippen LogP contribution in [0.5, 0.6) is 0 Å². The van der Waals surface area contributed by atoms with E-state index in [0.29, 0.717) is 0 Å². The number of carbonyl (C=O) groups excluding carboxylic acids is 1. The highest BCUT2D eigenvalue weighted by atomic mass is 16.5. The number of hydrogen-bond acceptors (Lipinski definition) is 3. The largest absolute Gasteiger partial charge is 0.399 e. The third-order valence-electron chi connectivity index (χ3n) is 3.71. The van der Waals surface area contributed by atoms with Crippen molar-refractivity contribution in [3.8, 4) is 0 Å². The summed E-state index contributed by atoms with van der Waals surface area (Å²) in [6.45, 7) is 1.45. The SMILES string of the molecule is Nc1ccc(/C=C/C(=O)N2CC3CCC(C2)O3)cc1. The molecular formula is C15H18N2O2. The van der Waals surface area contributed by atoms with Gasteiger partial charge in [0, 0.05) is 24.9 Å². The van der Waals surface area contributed by atoms with Gasteiger partial charge in [-0.3, -0.25) is 4.79 Å². The van der Waals surface area contributed by atoms with Crippen molar-refractivity contribution in [3.63, 3.8) is 0 Å². The Kier molecular flexibility index (Phi) is 3.25. The average Bonchev–Trinajstić information content (AvgIpc) is 2.76. The summed E-state index contributed by atoms with van der Waals surface area (Å²) >= 11 is 0. The van der Waals surface area contributed by atoms with Crippen molar-refractivity contribution >= 4 is 17.7 Å². The van der Waals surface area contributed by atoms with Crippen LogP contribution in [0.25, 0.3) is 6.08 Å². The molecule has 0 saturated carbocycles. The monoisotopic (exact) mass is 258 g/mol. The van der Waals surface area contributed by atoms with Gasteiger partial charge in [0.05, 0.1) is 12.2 Å². The summed E-state index contributed by atoms with van der Waals surface area (Å²) in [7, 11) is 0. The second-order valence-corrected chi connectivity index (χ2v) is 5.20. The van der Waals surface area contributed by atoms with E-state index in [-0.39, 0.29) is 18.1 Å². The Hall–Kier alpha value is -1.81. The lowest BCUT2D eigenvalue weighted by Crippen LogP contribution is -2.45. The van der Waals surface area contributed by atoms with Gasteiger partial charge in [0.25, 0.3) is 0 Å². The first-order chi connectivity index (χ1) is 9.20. The molecule has 0 spiro atoms. The van der Waals surface area contributed by atoms with Crippen LogP contribution in [-0.4, -0.2) is 36.1 Å². The van der Waals surface area contributed by atoms with E-state index in [9.17, 15) is 4.79 Å². The number of anilines is 1. The molecular weight excluding hydrogens is 240 g/mol. The fourth-order valence-electron chi connectivity index (χ4n) is 2.67.